The van der Waals surface area contributed by atoms with Gasteiger partial charge in [-0.05, 0) is 25.6 Å². The third kappa shape index (κ3) is 3.64. The molecule has 1 N–H and O–H groups in total. The van der Waals surface area contributed by atoms with E-state index in [-0.39, 0.29) is 5.69 Å². The van der Waals surface area contributed by atoms with Crippen LogP contribution in [-0.4, -0.2) is 56.1 Å². The zero-order valence-electron chi connectivity index (χ0n) is 11.5. The van der Waals surface area contributed by atoms with E-state index >= 15 is 0 Å². The molecule has 0 unspecified atom stereocenters. The number of anilines is 1. The van der Waals surface area contributed by atoms with E-state index in [2.05, 4.69) is 22.2 Å². The molecule has 0 aliphatic carbocycles. The summed E-state index contributed by atoms with van der Waals surface area (Å²) in [5, 5.41) is 2.88. The van der Waals surface area contributed by atoms with E-state index in [1.54, 1.807) is 6.92 Å². The number of nitrogens with one attached hydrogen (secondary N) is 1. The molecule has 0 atom stereocenters. The van der Waals surface area contributed by atoms with Gasteiger partial charge in [0, 0.05) is 39.3 Å². The summed E-state index contributed by atoms with van der Waals surface area (Å²) in [5.74, 6) is -1.01. The molecule has 1 aliphatic heterocycles. The van der Waals surface area contributed by atoms with Crippen molar-refractivity contribution >= 4 is 5.69 Å². The summed E-state index contributed by atoms with van der Waals surface area (Å²) in [5.41, 5.74) is 0.456. The lowest BCUT2D eigenvalue weighted by Crippen LogP contribution is -2.45. The fraction of sp³-hybridized carbons (Fsp3) is 0.571. The van der Waals surface area contributed by atoms with Gasteiger partial charge in [-0.1, -0.05) is 6.07 Å². The second kappa shape index (κ2) is 6.30. The van der Waals surface area contributed by atoms with Crippen molar-refractivity contribution in [1.82, 2.24) is 9.80 Å². The van der Waals surface area contributed by atoms with Gasteiger partial charge in [0.05, 0.1) is 0 Å². The lowest BCUT2D eigenvalue weighted by Gasteiger charge is -2.32. The van der Waals surface area contributed by atoms with Crippen LogP contribution in [0.3, 0.4) is 0 Å². The molecule has 1 aromatic rings. The second-order valence-electron chi connectivity index (χ2n) is 5.12. The SMILES string of the molecule is Cc1ccc(F)c(NCCN2CCN(C)CC2)c1F. The Morgan fingerprint density at radius 3 is 2.53 bits per heavy atom. The summed E-state index contributed by atoms with van der Waals surface area (Å²) < 4.78 is 27.3. The van der Waals surface area contributed by atoms with Gasteiger partial charge in [0.2, 0.25) is 0 Å². The van der Waals surface area contributed by atoms with Gasteiger partial charge in [0.25, 0.3) is 0 Å². The highest BCUT2D eigenvalue weighted by molar-refractivity contribution is 5.48. The van der Waals surface area contributed by atoms with Crippen molar-refractivity contribution < 1.29 is 8.78 Å². The summed E-state index contributed by atoms with van der Waals surface area (Å²) in [4.78, 5) is 4.59. The predicted molar refractivity (Wildman–Crippen MR) is 73.5 cm³/mol. The summed E-state index contributed by atoms with van der Waals surface area (Å²) >= 11 is 0. The zero-order chi connectivity index (χ0) is 13.8. The van der Waals surface area contributed by atoms with Crippen molar-refractivity contribution in [2.75, 3.05) is 51.6 Å². The molecular weight excluding hydrogens is 248 g/mol. The molecule has 1 fully saturated rings. The Kier molecular flexibility index (Phi) is 4.71. The lowest BCUT2D eigenvalue weighted by molar-refractivity contribution is 0.158. The Hall–Kier alpha value is -1.20. The van der Waals surface area contributed by atoms with Crippen molar-refractivity contribution in [3.8, 4) is 0 Å². The van der Waals surface area contributed by atoms with Gasteiger partial charge >= 0.3 is 0 Å². The maximum atomic E-state index is 13.8. The molecule has 0 spiro atoms. The fourth-order valence-corrected chi connectivity index (χ4v) is 2.23. The number of likely N-dealkylation sites (N-methyl/N-ethyl adjacent to an activating group) is 1. The van der Waals surface area contributed by atoms with Gasteiger partial charge in [-0.25, -0.2) is 8.78 Å². The number of aryl methyl sites for hydroxylation is 1. The van der Waals surface area contributed by atoms with Gasteiger partial charge < -0.3 is 10.2 Å². The lowest BCUT2D eigenvalue weighted by atomic mass is 10.2. The van der Waals surface area contributed by atoms with Crippen molar-refractivity contribution in [1.29, 1.82) is 0 Å². The topological polar surface area (TPSA) is 18.5 Å². The molecule has 0 amide bonds. The van der Waals surface area contributed by atoms with Crippen LogP contribution in [0.25, 0.3) is 0 Å². The predicted octanol–water partition coefficient (Wildman–Crippen LogP) is 1.93. The average Bonchev–Trinajstić information content (AvgIpc) is 2.40. The Labute approximate surface area is 113 Å². The van der Waals surface area contributed by atoms with E-state index in [9.17, 15) is 8.78 Å². The van der Waals surface area contributed by atoms with Gasteiger partial charge in [-0.2, -0.15) is 0 Å². The maximum Gasteiger partial charge on any atom is 0.152 e. The zero-order valence-corrected chi connectivity index (χ0v) is 11.5. The Balaban J connectivity index is 1.84. The van der Waals surface area contributed by atoms with E-state index in [1.165, 1.54) is 12.1 Å². The first-order chi connectivity index (χ1) is 9.08. The molecule has 0 aromatic heterocycles. The molecule has 1 aromatic carbocycles. The highest BCUT2D eigenvalue weighted by Gasteiger charge is 2.14. The molecule has 5 heteroatoms. The third-order valence-corrected chi connectivity index (χ3v) is 3.61. The van der Waals surface area contributed by atoms with E-state index < -0.39 is 11.6 Å². The monoisotopic (exact) mass is 269 g/mol. The first-order valence-electron chi connectivity index (χ1n) is 6.67. The van der Waals surface area contributed by atoms with Gasteiger partial charge in [-0.3, -0.25) is 4.90 Å². The molecule has 2 rings (SSSR count). The number of halogens is 2. The summed E-state index contributed by atoms with van der Waals surface area (Å²) in [7, 11) is 2.10. The van der Waals surface area contributed by atoms with E-state index in [0.29, 0.717) is 12.1 Å². The van der Waals surface area contributed by atoms with Crippen molar-refractivity contribution in [2.24, 2.45) is 0 Å². The summed E-state index contributed by atoms with van der Waals surface area (Å²) in [6.45, 7) is 7.12. The van der Waals surface area contributed by atoms with Crippen LogP contribution in [0.1, 0.15) is 5.56 Å². The van der Waals surface area contributed by atoms with Crippen LogP contribution < -0.4 is 5.32 Å². The Morgan fingerprint density at radius 1 is 1.16 bits per heavy atom. The molecule has 3 nitrogen and oxygen atoms in total. The van der Waals surface area contributed by atoms with Crippen LogP contribution in [0, 0.1) is 18.6 Å². The van der Waals surface area contributed by atoms with Crippen LogP contribution in [0.4, 0.5) is 14.5 Å². The molecule has 1 heterocycles. The maximum absolute atomic E-state index is 13.8. The van der Waals surface area contributed by atoms with Crippen LogP contribution >= 0.6 is 0 Å². The molecule has 0 saturated carbocycles. The molecule has 0 radical (unpaired) electrons. The van der Waals surface area contributed by atoms with Crippen LogP contribution in [-0.2, 0) is 0 Å². The van der Waals surface area contributed by atoms with E-state index in [0.717, 1.165) is 32.7 Å². The van der Waals surface area contributed by atoms with Crippen LogP contribution in [0.15, 0.2) is 12.1 Å². The summed E-state index contributed by atoms with van der Waals surface area (Å²) in [6.07, 6.45) is 0. The number of hydrogen-bond donors (Lipinski definition) is 1. The smallest absolute Gasteiger partial charge is 0.152 e. The highest BCUT2D eigenvalue weighted by atomic mass is 19.1. The Bertz CT molecular complexity index is 429. The molecule has 19 heavy (non-hydrogen) atoms. The van der Waals surface area contributed by atoms with Crippen LogP contribution in [0.5, 0.6) is 0 Å². The molecule has 0 bridgehead atoms. The molecule has 1 aliphatic rings. The average molecular weight is 269 g/mol. The number of hydrogen-bond acceptors (Lipinski definition) is 3. The molecule has 1 saturated heterocycles. The van der Waals surface area contributed by atoms with Crippen LogP contribution in [0.2, 0.25) is 0 Å². The number of piperazine rings is 1. The normalized spacial score (nSPS) is 17.7. The second-order valence-corrected chi connectivity index (χ2v) is 5.12. The van der Waals surface area contributed by atoms with Crippen molar-refractivity contribution in [2.45, 2.75) is 6.92 Å². The van der Waals surface area contributed by atoms with Gasteiger partial charge in [0.15, 0.2) is 5.82 Å². The highest BCUT2D eigenvalue weighted by Crippen LogP contribution is 2.21. The van der Waals surface area contributed by atoms with Crippen molar-refractivity contribution in [3.63, 3.8) is 0 Å². The summed E-state index contributed by atoms with van der Waals surface area (Å²) in [6, 6.07) is 2.76. The number of rotatable bonds is 4. The van der Waals surface area contributed by atoms with Gasteiger partial charge in [0.1, 0.15) is 11.5 Å². The fourth-order valence-electron chi connectivity index (χ4n) is 2.23. The first kappa shape index (κ1) is 14.2. The molecule has 106 valence electrons. The molecular formula is C14H21F2N3. The minimum atomic E-state index is -0.526. The Morgan fingerprint density at radius 2 is 1.84 bits per heavy atom. The number of benzene rings is 1. The quantitative estimate of drug-likeness (QED) is 0.901. The first-order valence-corrected chi connectivity index (χ1v) is 6.67. The van der Waals surface area contributed by atoms with E-state index in [4.69, 9.17) is 0 Å². The van der Waals surface area contributed by atoms with E-state index in [1.807, 2.05) is 0 Å². The minimum absolute atomic E-state index is 0.00544. The van der Waals surface area contributed by atoms with Crippen molar-refractivity contribution in [3.05, 3.63) is 29.3 Å². The van der Waals surface area contributed by atoms with Gasteiger partial charge in [-0.15, -0.1) is 0 Å². The standard InChI is InChI=1S/C14H21F2N3/c1-11-3-4-12(15)14(13(11)16)17-5-6-19-9-7-18(2)8-10-19/h3-4,17H,5-10H2,1-2H3. The number of nitrogens with zero attached hydrogens (tertiary/aromatic N) is 2. The third-order valence-electron chi connectivity index (χ3n) is 3.61. The minimum Gasteiger partial charge on any atom is -0.379 e. The largest absolute Gasteiger partial charge is 0.379 e.